The van der Waals surface area contributed by atoms with E-state index < -0.39 is 11.7 Å². The van der Waals surface area contributed by atoms with Crippen molar-refractivity contribution in [2.24, 2.45) is 0 Å². The Labute approximate surface area is 119 Å². The average molecular weight is 276 g/mol. The zero-order valence-electron chi connectivity index (χ0n) is 12.0. The fraction of sp³-hybridized carbons (Fsp3) is 0.400. The minimum absolute atomic E-state index is 0.111. The fourth-order valence-corrected chi connectivity index (χ4v) is 1.36. The van der Waals surface area contributed by atoms with Crippen molar-refractivity contribution < 1.29 is 14.6 Å². The third kappa shape index (κ3) is 6.01. The van der Waals surface area contributed by atoms with E-state index in [2.05, 4.69) is 17.2 Å². The van der Waals surface area contributed by atoms with Crippen LogP contribution in [0, 0.1) is 11.8 Å². The van der Waals surface area contributed by atoms with E-state index in [0.717, 1.165) is 0 Å². The average Bonchev–Trinajstić information content (AvgIpc) is 2.28. The van der Waals surface area contributed by atoms with Crippen LogP contribution in [0.2, 0.25) is 0 Å². The molecule has 0 saturated heterocycles. The number of anilines is 1. The fourth-order valence-electron chi connectivity index (χ4n) is 1.36. The zero-order chi connectivity index (χ0) is 15.2. The summed E-state index contributed by atoms with van der Waals surface area (Å²) in [5, 5.41) is 11.8. The maximum atomic E-state index is 11.4. The molecule has 1 aromatic rings. The number of nitrogens with two attached hydrogens (primary N) is 1. The number of benzene rings is 1. The van der Waals surface area contributed by atoms with E-state index in [1.807, 2.05) is 0 Å². The van der Waals surface area contributed by atoms with Crippen LogP contribution in [-0.4, -0.2) is 23.3 Å². The Morgan fingerprint density at radius 2 is 2.15 bits per heavy atom. The standard InChI is InChI=1S/C15H20N2O3/c1-15(2,3)20-14(19)17-9-5-4-6-11-7-8-12(18)10-13(11)16/h7-8,10,18H,5,9,16H2,1-3H3,(H,17,19). The monoisotopic (exact) mass is 276 g/mol. The number of alkyl carbamates (subject to hydrolysis) is 1. The molecule has 0 fully saturated rings. The highest BCUT2D eigenvalue weighted by Crippen LogP contribution is 2.17. The van der Waals surface area contributed by atoms with Gasteiger partial charge in [0.05, 0.1) is 5.69 Å². The number of phenols is 1. The van der Waals surface area contributed by atoms with Crippen LogP contribution in [-0.2, 0) is 4.74 Å². The summed E-state index contributed by atoms with van der Waals surface area (Å²) in [5.41, 5.74) is 6.28. The second-order valence-electron chi connectivity index (χ2n) is 5.25. The molecule has 0 atom stereocenters. The molecule has 1 aromatic carbocycles. The number of amides is 1. The molecule has 0 aliphatic rings. The lowest BCUT2D eigenvalue weighted by Crippen LogP contribution is -2.32. The molecule has 0 aromatic heterocycles. The maximum Gasteiger partial charge on any atom is 0.407 e. The molecule has 5 heteroatoms. The quantitative estimate of drug-likeness (QED) is 0.439. The number of ether oxygens (including phenoxy) is 1. The van der Waals surface area contributed by atoms with Gasteiger partial charge < -0.3 is 20.9 Å². The van der Waals surface area contributed by atoms with Gasteiger partial charge in [-0.2, -0.15) is 0 Å². The van der Waals surface area contributed by atoms with Crippen molar-refractivity contribution in [3.8, 4) is 17.6 Å². The van der Waals surface area contributed by atoms with E-state index in [4.69, 9.17) is 10.5 Å². The second kappa shape index (κ2) is 6.71. The van der Waals surface area contributed by atoms with Gasteiger partial charge in [-0.15, -0.1) is 0 Å². The summed E-state index contributed by atoms with van der Waals surface area (Å²) in [6, 6.07) is 4.63. The van der Waals surface area contributed by atoms with E-state index in [9.17, 15) is 9.90 Å². The Bertz CT molecular complexity index is 536. The number of rotatable bonds is 2. The minimum atomic E-state index is -0.504. The van der Waals surface area contributed by atoms with Crippen molar-refractivity contribution in [2.75, 3.05) is 12.3 Å². The number of nitrogen functional groups attached to an aromatic ring is 1. The van der Waals surface area contributed by atoms with Crippen LogP contribution in [0.1, 0.15) is 32.8 Å². The smallest absolute Gasteiger partial charge is 0.407 e. The Balaban J connectivity index is 2.38. The van der Waals surface area contributed by atoms with Gasteiger partial charge in [-0.25, -0.2) is 4.79 Å². The number of carbonyl (C=O) groups excluding carboxylic acids is 1. The summed E-state index contributed by atoms with van der Waals surface area (Å²) in [5.74, 6) is 5.89. The van der Waals surface area contributed by atoms with Gasteiger partial charge in [0.2, 0.25) is 0 Å². The van der Waals surface area contributed by atoms with Crippen LogP contribution in [0.15, 0.2) is 18.2 Å². The van der Waals surface area contributed by atoms with E-state index >= 15 is 0 Å². The minimum Gasteiger partial charge on any atom is -0.508 e. The molecule has 108 valence electrons. The first kappa shape index (κ1) is 15.7. The topological polar surface area (TPSA) is 84.6 Å². The molecule has 0 spiro atoms. The number of nitrogens with one attached hydrogen (secondary N) is 1. The van der Waals surface area contributed by atoms with Crippen LogP contribution < -0.4 is 11.1 Å². The Kier molecular flexibility index (Phi) is 5.27. The zero-order valence-corrected chi connectivity index (χ0v) is 12.0. The summed E-state index contributed by atoms with van der Waals surface area (Å²) < 4.78 is 5.09. The Morgan fingerprint density at radius 1 is 1.45 bits per heavy atom. The molecule has 0 aliphatic heterocycles. The van der Waals surface area contributed by atoms with Crippen molar-refractivity contribution in [2.45, 2.75) is 32.8 Å². The van der Waals surface area contributed by atoms with Crippen molar-refractivity contribution in [3.63, 3.8) is 0 Å². The Hall–Kier alpha value is -2.35. The summed E-state index contributed by atoms with van der Waals surface area (Å²) in [4.78, 5) is 11.4. The van der Waals surface area contributed by atoms with Crippen LogP contribution in [0.5, 0.6) is 5.75 Å². The largest absolute Gasteiger partial charge is 0.508 e. The molecule has 1 rings (SSSR count). The molecule has 5 nitrogen and oxygen atoms in total. The van der Waals surface area contributed by atoms with E-state index in [1.165, 1.54) is 12.1 Å². The van der Waals surface area contributed by atoms with Gasteiger partial charge in [0, 0.05) is 24.6 Å². The van der Waals surface area contributed by atoms with Crippen LogP contribution in [0.3, 0.4) is 0 Å². The molecule has 20 heavy (non-hydrogen) atoms. The first-order valence-corrected chi connectivity index (χ1v) is 6.32. The molecule has 0 saturated carbocycles. The highest BCUT2D eigenvalue weighted by Gasteiger charge is 2.15. The molecular formula is C15H20N2O3. The highest BCUT2D eigenvalue weighted by atomic mass is 16.6. The van der Waals surface area contributed by atoms with Gasteiger partial charge >= 0.3 is 6.09 Å². The molecule has 0 bridgehead atoms. The maximum absolute atomic E-state index is 11.4. The second-order valence-corrected chi connectivity index (χ2v) is 5.25. The molecule has 1 amide bonds. The number of phenolic OH excluding ortho intramolecular Hbond substituents is 1. The van der Waals surface area contributed by atoms with Gasteiger partial charge in [0.1, 0.15) is 11.4 Å². The lowest BCUT2D eigenvalue weighted by atomic mass is 10.2. The van der Waals surface area contributed by atoms with E-state index in [1.54, 1.807) is 26.8 Å². The van der Waals surface area contributed by atoms with E-state index in [-0.39, 0.29) is 5.75 Å². The van der Waals surface area contributed by atoms with Crippen molar-refractivity contribution in [1.82, 2.24) is 5.32 Å². The summed E-state index contributed by atoms with van der Waals surface area (Å²) >= 11 is 0. The first-order chi connectivity index (χ1) is 9.28. The van der Waals surface area contributed by atoms with Crippen LogP contribution in [0.4, 0.5) is 10.5 Å². The normalized spacial score (nSPS) is 10.3. The third-order valence-electron chi connectivity index (χ3n) is 2.18. The van der Waals surface area contributed by atoms with Crippen molar-refractivity contribution in [3.05, 3.63) is 23.8 Å². The molecule has 0 heterocycles. The van der Waals surface area contributed by atoms with Crippen LogP contribution >= 0.6 is 0 Å². The predicted molar refractivity (Wildman–Crippen MR) is 78.3 cm³/mol. The Morgan fingerprint density at radius 3 is 2.75 bits per heavy atom. The summed E-state index contributed by atoms with van der Waals surface area (Å²) in [7, 11) is 0. The predicted octanol–water partition coefficient (Wildman–Crippen LogP) is 2.24. The van der Waals surface area contributed by atoms with Gasteiger partial charge in [-0.05, 0) is 32.9 Å². The third-order valence-corrected chi connectivity index (χ3v) is 2.18. The van der Waals surface area contributed by atoms with Crippen molar-refractivity contribution in [1.29, 1.82) is 0 Å². The number of hydrogen-bond acceptors (Lipinski definition) is 4. The first-order valence-electron chi connectivity index (χ1n) is 6.32. The van der Waals surface area contributed by atoms with Gasteiger partial charge in [-0.3, -0.25) is 0 Å². The molecule has 0 unspecified atom stereocenters. The van der Waals surface area contributed by atoms with E-state index in [0.29, 0.717) is 24.2 Å². The molecule has 0 radical (unpaired) electrons. The number of carbonyl (C=O) groups is 1. The van der Waals surface area contributed by atoms with Gasteiger partial charge in [0.15, 0.2) is 0 Å². The van der Waals surface area contributed by atoms with Crippen LogP contribution in [0.25, 0.3) is 0 Å². The lowest BCUT2D eigenvalue weighted by Gasteiger charge is -2.19. The lowest BCUT2D eigenvalue weighted by molar-refractivity contribution is 0.0529. The molecular weight excluding hydrogens is 256 g/mol. The molecule has 4 N–H and O–H groups in total. The van der Waals surface area contributed by atoms with Gasteiger partial charge in [-0.1, -0.05) is 11.8 Å². The van der Waals surface area contributed by atoms with Crippen molar-refractivity contribution >= 4 is 11.8 Å². The SMILES string of the molecule is CC(C)(C)OC(=O)NCCC#Cc1ccc(O)cc1N. The molecule has 0 aliphatic carbocycles. The highest BCUT2D eigenvalue weighted by molar-refractivity contribution is 5.67. The number of hydrogen-bond donors (Lipinski definition) is 3. The summed E-state index contributed by atoms with van der Waals surface area (Å²) in [6.07, 6.45) is 0.0305. The number of aromatic hydroxyl groups is 1. The summed E-state index contributed by atoms with van der Waals surface area (Å²) in [6.45, 7) is 5.82. The van der Waals surface area contributed by atoms with Gasteiger partial charge in [0.25, 0.3) is 0 Å².